The van der Waals surface area contributed by atoms with E-state index in [2.05, 4.69) is 4.98 Å². The van der Waals surface area contributed by atoms with E-state index in [-0.39, 0.29) is 5.92 Å². The van der Waals surface area contributed by atoms with E-state index in [1.165, 1.54) is 0 Å². The highest BCUT2D eigenvalue weighted by molar-refractivity contribution is 5.16. The summed E-state index contributed by atoms with van der Waals surface area (Å²) in [5.41, 5.74) is 6.66. The lowest BCUT2D eigenvalue weighted by atomic mass is 9.93. The molecular weight excluding hydrogens is 204 g/mol. The van der Waals surface area contributed by atoms with Crippen LogP contribution >= 0.6 is 0 Å². The zero-order chi connectivity index (χ0) is 11.8. The molecule has 0 saturated carbocycles. The number of nitrogens with zero attached hydrogens (tertiary/aromatic N) is 1. The average Bonchev–Trinajstić information content (AvgIpc) is 2.32. The fraction of sp³-hybridized carbons (Fsp3) is 0.583. The molecule has 0 radical (unpaired) electrons. The lowest BCUT2D eigenvalue weighted by molar-refractivity contribution is 0.0752. The Morgan fingerprint density at radius 2 is 2.38 bits per heavy atom. The normalized spacial score (nSPS) is 14.7. The van der Waals surface area contributed by atoms with E-state index in [1.54, 1.807) is 12.4 Å². The van der Waals surface area contributed by atoms with Gasteiger partial charge in [0.1, 0.15) is 0 Å². The van der Waals surface area contributed by atoms with E-state index >= 15 is 0 Å². The van der Waals surface area contributed by atoms with Gasteiger partial charge in [0.05, 0.1) is 6.10 Å². The molecule has 0 aliphatic carbocycles. The maximum absolute atomic E-state index is 10.0. The van der Waals surface area contributed by atoms with E-state index in [9.17, 15) is 5.11 Å². The van der Waals surface area contributed by atoms with Crippen molar-refractivity contribution >= 4 is 0 Å². The van der Waals surface area contributed by atoms with Crippen LogP contribution in [0.4, 0.5) is 0 Å². The Labute approximate surface area is 96.5 Å². The Morgan fingerprint density at radius 1 is 1.56 bits per heavy atom. The van der Waals surface area contributed by atoms with Gasteiger partial charge >= 0.3 is 0 Å². The number of hydrogen-bond acceptors (Lipinski definition) is 4. The maximum atomic E-state index is 10.0. The number of hydrogen-bond donors (Lipinski definition) is 2. The van der Waals surface area contributed by atoms with Crippen molar-refractivity contribution in [3.63, 3.8) is 0 Å². The summed E-state index contributed by atoms with van der Waals surface area (Å²) in [6, 6.07) is 3.79. The molecule has 0 aliphatic rings. The number of aliphatic hydroxyl groups is 1. The van der Waals surface area contributed by atoms with Crippen LogP contribution < -0.4 is 5.73 Å². The second-order valence-electron chi connectivity index (χ2n) is 3.68. The third-order valence-electron chi connectivity index (χ3n) is 2.59. The first-order chi connectivity index (χ1) is 7.79. The number of aliphatic hydroxyl groups excluding tert-OH is 1. The zero-order valence-corrected chi connectivity index (χ0v) is 9.67. The molecule has 4 heteroatoms. The highest BCUT2D eigenvalue weighted by Gasteiger charge is 2.19. The van der Waals surface area contributed by atoms with Gasteiger partial charge in [0.15, 0.2) is 0 Å². The minimum Gasteiger partial charge on any atom is -0.392 e. The summed E-state index contributed by atoms with van der Waals surface area (Å²) < 4.78 is 5.22. The second-order valence-corrected chi connectivity index (χ2v) is 3.68. The number of nitrogens with two attached hydrogens (primary N) is 1. The molecule has 1 rings (SSSR count). The van der Waals surface area contributed by atoms with Crippen LogP contribution in [0.5, 0.6) is 0 Å². The van der Waals surface area contributed by atoms with E-state index in [4.69, 9.17) is 10.5 Å². The average molecular weight is 224 g/mol. The molecule has 4 nitrogen and oxygen atoms in total. The van der Waals surface area contributed by atoms with Crippen LogP contribution in [0.1, 0.15) is 24.8 Å². The van der Waals surface area contributed by atoms with Gasteiger partial charge in [-0.15, -0.1) is 0 Å². The van der Waals surface area contributed by atoms with Crippen molar-refractivity contribution in [2.45, 2.75) is 25.4 Å². The quantitative estimate of drug-likeness (QED) is 0.676. The monoisotopic (exact) mass is 224 g/mol. The van der Waals surface area contributed by atoms with Gasteiger partial charge in [-0.2, -0.15) is 0 Å². The van der Waals surface area contributed by atoms with Crippen LogP contribution in [0.25, 0.3) is 0 Å². The summed E-state index contributed by atoms with van der Waals surface area (Å²) in [4.78, 5) is 4.03. The van der Waals surface area contributed by atoms with Gasteiger partial charge in [-0.1, -0.05) is 6.07 Å². The topological polar surface area (TPSA) is 68.4 Å². The lowest BCUT2D eigenvalue weighted by Gasteiger charge is -2.21. The summed E-state index contributed by atoms with van der Waals surface area (Å²) >= 11 is 0. The van der Waals surface area contributed by atoms with Crippen molar-refractivity contribution in [1.82, 2.24) is 4.98 Å². The molecule has 0 aliphatic heterocycles. The Balaban J connectivity index is 2.53. The summed E-state index contributed by atoms with van der Waals surface area (Å²) in [5, 5.41) is 10.0. The third kappa shape index (κ3) is 3.89. The van der Waals surface area contributed by atoms with Crippen LogP contribution in [0.3, 0.4) is 0 Å². The molecule has 0 saturated heterocycles. The highest BCUT2D eigenvalue weighted by atomic mass is 16.5. The second kappa shape index (κ2) is 7.33. The third-order valence-corrected chi connectivity index (χ3v) is 2.59. The van der Waals surface area contributed by atoms with Crippen molar-refractivity contribution in [2.75, 3.05) is 19.8 Å². The number of rotatable bonds is 7. The molecule has 0 fully saturated rings. The SMILES string of the molecule is CCOCCC(O)C(CN)c1cccnc1. The summed E-state index contributed by atoms with van der Waals surface area (Å²) in [6.45, 7) is 3.59. The molecule has 0 aromatic carbocycles. The molecule has 0 spiro atoms. The molecule has 1 heterocycles. The summed E-state index contributed by atoms with van der Waals surface area (Å²) in [5.74, 6) is -0.0610. The first-order valence-corrected chi connectivity index (χ1v) is 5.65. The van der Waals surface area contributed by atoms with E-state index in [1.807, 2.05) is 19.1 Å². The van der Waals surface area contributed by atoms with Crippen LogP contribution in [-0.2, 0) is 4.74 Å². The van der Waals surface area contributed by atoms with Crippen molar-refractivity contribution < 1.29 is 9.84 Å². The number of pyridine rings is 1. The number of ether oxygens (including phenoxy) is 1. The Bertz CT molecular complexity index is 280. The zero-order valence-electron chi connectivity index (χ0n) is 9.67. The van der Waals surface area contributed by atoms with Crippen LogP contribution in [0, 0.1) is 0 Å². The molecule has 90 valence electrons. The molecule has 1 aromatic heterocycles. The minimum absolute atomic E-state index is 0.0610. The fourth-order valence-electron chi connectivity index (χ4n) is 1.66. The maximum Gasteiger partial charge on any atom is 0.0643 e. The van der Waals surface area contributed by atoms with Crippen molar-refractivity contribution in [3.8, 4) is 0 Å². The van der Waals surface area contributed by atoms with Crippen molar-refractivity contribution in [2.24, 2.45) is 5.73 Å². The largest absolute Gasteiger partial charge is 0.392 e. The van der Waals surface area contributed by atoms with Crippen LogP contribution in [-0.4, -0.2) is 36.0 Å². The first kappa shape index (κ1) is 13.1. The van der Waals surface area contributed by atoms with Gasteiger partial charge in [0.2, 0.25) is 0 Å². The summed E-state index contributed by atoms with van der Waals surface area (Å²) in [6.07, 6.45) is 3.59. The lowest BCUT2D eigenvalue weighted by Crippen LogP contribution is -2.27. The van der Waals surface area contributed by atoms with Crippen LogP contribution in [0.15, 0.2) is 24.5 Å². The van der Waals surface area contributed by atoms with Gasteiger partial charge in [-0.05, 0) is 25.0 Å². The van der Waals surface area contributed by atoms with Gasteiger partial charge < -0.3 is 15.6 Å². The molecular formula is C12H20N2O2. The Hall–Kier alpha value is -0.970. The van der Waals surface area contributed by atoms with Crippen LogP contribution in [0.2, 0.25) is 0 Å². The molecule has 2 unspecified atom stereocenters. The standard InChI is InChI=1S/C12H20N2O2/c1-2-16-7-5-12(15)11(8-13)10-4-3-6-14-9-10/h3-4,6,9,11-12,15H,2,5,7-8,13H2,1H3. The predicted octanol–water partition coefficient (Wildman–Crippen LogP) is 0.911. The van der Waals surface area contributed by atoms with Gasteiger partial charge in [-0.25, -0.2) is 0 Å². The van der Waals surface area contributed by atoms with Gasteiger partial charge in [0, 0.05) is 38.1 Å². The van der Waals surface area contributed by atoms with E-state index in [0.717, 1.165) is 5.56 Å². The van der Waals surface area contributed by atoms with Gasteiger partial charge in [-0.3, -0.25) is 4.98 Å². The van der Waals surface area contributed by atoms with E-state index in [0.29, 0.717) is 26.2 Å². The Kier molecular flexibility index (Phi) is 6.00. The highest BCUT2D eigenvalue weighted by Crippen LogP contribution is 2.19. The first-order valence-electron chi connectivity index (χ1n) is 5.65. The van der Waals surface area contributed by atoms with E-state index < -0.39 is 6.10 Å². The molecule has 3 N–H and O–H groups in total. The number of aromatic nitrogens is 1. The minimum atomic E-state index is -0.472. The predicted molar refractivity (Wildman–Crippen MR) is 63.1 cm³/mol. The molecule has 16 heavy (non-hydrogen) atoms. The van der Waals surface area contributed by atoms with Gasteiger partial charge in [0.25, 0.3) is 0 Å². The summed E-state index contributed by atoms with van der Waals surface area (Å²) in [7, 11) is 0. The molecule has 0 amide bonds. The smallest absolute Gasteiger partial charge is 0.0643 e. The van der Waals surface area contributed by atoms with Crippen molar-refractivity contribution in [1.29, 1.82) is 0 Å². The Morgan fingerprint density at radius 3 is 2.94 bits per heavy atom. The molecule has 2 atom stereocenters. The van der Waals surface area contributed by atoms with Crippen molar-refractivity contribution in [3.05, 3.63) is 30.1 Å². The molecule has 0 bridgehead atoms. The molecule has 1 aromatic rings. The fourth-order valence-corrected chi connectivity index (χ4v) is 1.66.